The zero-order chi connectivity index (χ0) is 26.0. The lowest BCUT2D eigenvalue weighted by Crippen LogP contribution is -2.46. The van der Waals surface area contributed by atoms with E-state index >= 15 is 0 Å². The van der Waals surface area contributed by atoms with Crippen LogP contribution in [0.4, 0.5) is 5.82 Å². The van der Waals surface area contributed by atoms with Crippen molar-refractivity contribution in [2.75, 3.05) is 5.32 Å². The van der Waals surface area contributed by atoms with Gasteiger partial charge >= 0.3 is 0 Å². The van der Waals surface area contributed by atoms with Gasteiger partial charge in [-0.3, -0.25) is 14.4 Å². The number of nitrogens with zero attached hydrogens (tertiary/aromatic N) is 2. The van der Waals surface area contributed by atoms with Gasteiger partial charge in [-0.2, -0.15) is 0 Å². The van der Waals surface area contributed by atoms with Crippen LogP contribution in [0, 0.1) is 6.92 Å². The normalized spacial score (nSPS) is 14.1. The van der Waals surface area contributed by atoms with Crippen LogP contribution in [0.25, 0.3) is 0 Å². The van der Waals surface area contributed by atoms with E-state index in [2.05, 4.69) is 15.6 Å². The third-order valence-corrected chi connectivity index (χ3v) is 6.67. The van der Waals surface area contributed by atoms with E-state index in [1.807, 2.05) is 61.5 Å². The summed E-state index contributed by atoms with van der Waals surface area (Å²) in [6, 6.07) is 21.9. The molecule has 1 aliphatic carbocycles. The standard InChI is InChI=1S/C30H34N4O3/c1-22-14-16-24(17-15-22)29(30(37)32-25-11-5-6-12-25)34(21-23-9-3-2-4-10-23)28(36)19-18-27(35)33-26-13-7-8-20-31-26/h2-4,7-10,13-17,20,25,29H,5-6,11-12,18-19,21H2,1H3,(H,32,37)(H,31,33,35)/t29-/m1/s1. The highest BCUT2D eigenvalue weighted by Crippen LogP contribution is 2.27. The number of hydrogen-bond acceptors (Lipinski definition) is 4. The van der Waals surface area contributed by atoms with E-state index in [-0.39, 0.29) is 43.1 Å². The number of amides is 3. The Kier molecular flexibility index (Phi) is 9.03. The zero-order valence-electron chi connectivity index (χ0n) is 21.2. The van der Waals surface area contributed by atoms with Gasteiger partial charge in [0.2, 0.25) is 17.7 Å². The Hall–Kier alpha value is -4.00. The molecule has 1 heterocycles. The first-order chi connectivity index (χ1) is 18.0. The average molecular weight is 499 g/mol. The highest BCUT2D eigenvalue weighted by molar-refractivity contribution is 5.94. The fourth-order valence-electron chi connectivity index (χ4n) is 4.68. The summed E-state index contributed by atoms with van der Waals surface area (Å²) in [5.74, 6) is -0.297. The highest BCUT2D eigenvalue weighted by atomic mass is 16.2. The number of aromatic nitrogens is 1. The zero-order valence-corrected chi connectivity index (χ0v) is 21.2. The molecule has 4 rings (SSSR count). The molecule has 0 bridgehead atoms. The minimum atomic E-state index is -0.798. The van der Waals surface area contributed by atoms with Crippen LogP contribution in [-0.4, -0.2) is 33.6 Å². The molecule has 7 heteroatoms. The molecule has 3 aromatic rings. The van der Waals surface area contributed by atoms with Crippen LogP contribution < -0.4 is 10.6 Å². The largest absolute Gasteiger partial charge is 0.351 e. The van der Waals surface area contributed by atoms with Gasteiger partial charge in [-0.1, -0.05) is 79.1 Å². The first-order valence-electron chi connectivity index (χ1n) is 12.9. The SMILES string of the molecule is Cc1ccc([C@H](C(=O)NC2CCCC2)N(Cc2ccccc2)C(=O)CCC(=O)Nc2ccccn2)cc1. The molecule has 1 atom stereocenters. The third-order valence-electron chi connectivity index (χ3n) is 6.67. The quantitative estimate of drug-likeness (QED) is 0.414. The maximum Gasteiger partial charge on any atom is 0.247 e. The summed E-state index contributed by atoms with van der Waals surface area (Å²) in [4.78, 5) is 45.6. The Morgan fingerprint density at radius 2 is 1.62 bits per heavy atom. The van der Waals surface area contributed by atoms with Gasteiger partial charge in [0.1, 0.15) is 11.9 Å². The van der Waals surface area contributed by atoms with Crippen LogP contribution in [0.1, 0.15) is 61.3 Å². The molecular formula is C30H34N4O3. The summed E-state index contributed by atoms with van der Waals surface area (Å²) in [6.45, 7) is 2.25. The molecule has 37 heavy (non-hydrogen) atoms. The minimum Gasteiger partial charge on any atom is -0.351 e. The monoisotopic (exact) mass is 498 g/mol. The Bertz CT molecular complexity index is 1180. The van der Waals surface area contributed by atoms with Gasteiger partial charge in [0.25, 0.3) is 0 Å². The molecule has 0 saturated heterocycles. The van der Waals surface area contributed by atoms with Crippen molar-refractivity contribution in [3.8, 4) is 0 Å². The summed E-state index contributed by atoms with van der Waals surface area (Å²) in [7, 11) is 0. The topological polar surface area (TPSA) is 91.4 Å². The average Bonchev–Trinajstić information content (AvgIpc) is 3.42. The number of aryl methyl sites for hydroxylation is 1. The summed E-state index contributed by atoms with van der Waals surface area (Å²) < 4.78 is 0. The molecule has 1 aliphatic rings. The number of carbonyl (C=O) groups is 3. The Labute approximate surface area is 218 Å². The summed E-state index contributed by atoms with van der Waals surface area (Å²) in [5, 5.41) is 5.91. The van der Waals surface area contributed by atoms with Crippen LogP contribution in [0.5, 0.6) is 0 Å². The van der Waals surface area contributed by atoms with Crippen molar-refractivity contribution in [2.45, 2.75) is 64.1 Å². The number of rotatable bonds is 10. The van der Waals surface area contributed by atoms with E-state index in [4.69, 9.17) is 0 Å². The molecular weight excluding hydrogens is 464 g/mol. The van der Waals surface area contributed by atoms with Crippen molar-refractivity contribution >= 4 is 23.5 Å². The Balaban J connectivity index is 1.57. The molecule has 1 fully saturated rings. The molecule has 7 nitrogen and oxygen atoms in total. The summed E-state index contributed by atoms with van der Waals surface area (Å²) in [6.07, 6.45) is 5.66. The Morgan fingerprint density at radius 1 is 0.919 bits per heavy atom. The van der Waals surface area contributed by atoms with Gasteiger partial charge in [0, 0.05) is 31.6 Å². The summed E-state index contributed by atoms with van der Waals surface area (Å²) in [5.41, 5.74) is 2.74. The van der Waals surface area contributed by atoms with Crippen LogP contribution in [0.15, 0.2) is 79.0 Å². The maximum absolute atomic E-state index is 13.7. The lowest BCUT2D eigenvalue weighted by Gasteiger charge is -2.32. The maximum atomic E-state index is 13.7. The molecule has 2 aromatic carbocycles. The smallest absolute Gasteiger partial charge is 0.247 e. The van der Waals surface area contributed by atoms with E-state index < -0.39 is 6.04 Å². The van der Waals surface area contributed by atoms with Crippen LogP contribution in [0.2, 0.25) is 0 Å². The van der Waals surface area contributed by atoms with E-state index in [1.165, 1.54) is 0 Å². The second kappa shape index (κ2) is 12.8. The molecule has 0 aliphatic heterocycles. The molecule has 1 aromatic heterocycles. The fraction of sp³-hybridized carbons (Fsp3) is 0.333. The van der Waals surface area contributed by atoms with Crippen molar-refractivity contribution in [3.05, 3.63) is 95.7 Å². The van der Waals surface area contributed by atoms with Crippen molar-refractivity contribution in [3.63, 3.8) is 0 Å². The Morgan fingerprint density at radius 3 is 2.30 bits per heavy atom. The van der Waals surface area contributed by atoms with Gasteiger partial charge in [-0.05, 0) is 43.0 Å². The third kappa shape index (κ3) is 7.49. The van der Waals surface area contributed by atoms with E-state index in [1.54, 1.807) is 29.3 Å². The first kappa shape index (κ1) is 26.1. The molecule has 3 amide bonds. The highest BCUT2D eigenvalue weighted by Gasteiger charge is 2.33. The number of benzene rings is 2. The number of hydrogen-bond donors (Lipinski definition) is 2. The lowest BCUT2D eigenvalue weighted by molar-refractivity contribution is -0.142. The van der Waals surface area contributed by atoms with Gasteiger partial charge in [-0.25, -0.2) is 4.98 Å². The number of pyridine rings is 1. The van der Waals surface area contributed by atoms with Gasteiger partial charge in [-0.15, -0.1) is 0 Å². The minimum absolute atomic E-state index is 0.00837. The van der Waals surface area contributed by atoms with Crippen molar-refractivity contribution in [1.82, 2.24) is 15.2 Å². The number of anilines is 1. The number of nitrogens with one attached hydrogen (secondary N) is 2. The van der Waals surface area contributed by atoms with Gasteiger partial charge in [0.05, 0.1) is 0 Å². The lowest BCUT2D eigenvalue weighted by atomic mass is 10.0. The van der Waals surface area contributed by atoms with E-state index in [0.29, 0.717) is 5.82 Å². The predicted octanol–water partition coefficient (Wildman–Crippen LogP) is 4.94. The predicted molar refractivity (Wildman–Crippen MR) is 143 cm³/mol. The van der Waals surface area contributed by atoms with Gasteiger partial charge in [0.15, 0.2) is 0 Å². The van der Waals surface area contributed by atoms with Crippen LogP contribution in [-0.2, 0) is 20.9 Å². The second-order valence-electron chi connectivity index (χ2n) is 9.57. The molecule has 0 unspecified atom stereocenters. The van der Waals surface area contributed by atoms with E-state index in [0.717, 1.165) is 42.4 Å². The molecule has 0 radical (unpaired) electrons. The van der Waals surface area contributed by atoms with E-state index in [9.17, 15) is 14.4 Å². The van der Waals surface area contributed by atoms with Crippen LogP contribution >= 0.6 is 0 Å². The number of carbonyl (C=O) groups excluding carboxylic acids is 3. The van der Waals surface area contributed by atoms with Crippen LogP contribution in [0.3, 0.4) is 0 Å². The summed E-state index contributed by atoms with van der Waals surface area (Å²) >= 11 is 0. The molecule has 1 saturated carbocycles. The van der Waals surface area contributed by atoms with Crippen molar-refractivity contribution in [1.29, 1.82) is 0 Å². The molecule has 0 spiro atoms. The second-order valence-corrected chi connectivity index (χ2v) is 9.57. The fourth-order valence-corrected chi connectivity index (χ4v) is 4.68. The van der Waals surface area contributed by atoms with Gasteiger partial charge < -0.3 is 15.5 Å². The van der Waals surface area contributed by atoms with Crippen molar-refractivity contribution < 1.29 is 14.4 Å². The molecule has 192 valence electrons. The first-order valence-corrected chi connectivity index (χ1v) is 12.9. The van der Waals surface area contributed by atoms with Crippen molar-refractivity contribution in [2.24, 2.45) is 0 Å². The molecule has 2 N–H and O–H groups in total.